The summed E-state index contributed by atoms with van der Waals surface area (Å²) in [5.41, 5.74) is 4.43. The van der Waals surface area contributed by atoms with Gasteiger partial charge in [-0.3, -0.25) is 0 Å². The Hall–Kier alpha value is -2.00. The lowest BCUT2D eigenvalue weighted by molar-refractivity contribution is 0.282. The van der Waals surface area contributed by atoms with Gasteiger partial charge >= 0.3 is 0 Å². The third kappa shape index (κ3) is 3.73. The van der Waals surface area contributed by atoms with E-state index in [-0.39, 0.29) is 6.61 Å². The number of hydrogen-bond donors (Lipinski definition) is 2. The summed E-state index contributed by atoms with van der Waals surface area (Å²) in [5, 5.41) is 12.4. The van der Waals surface area contributed by atoms with Crippen molar-refractivity contribution in [3.63, 3.8) is 0 Å². The summed E-state index contributed by atoms with van der Waals surface area (Å²) >= 11 is 0. The van der Waals surface area contributed by atoms with Gasteiger partial charge in [0.1, 0.15) is 0 Å². The van der Waals surface area contributed by atoms with Gasteiger partial charge in [0, 0.05) is 32.0 Å². The van der Waals surface area contributed by atoms with Crippen molar-refractivity contribution in [1.29, 1.82) is 0 Å². The van der Waals surface area contributed by atoms with E-state index in [2.05, 4.69) is 28.4 Å². The van der Waals surface area contributed by atoms with E-state index in [1.54, 1.807) is 0 Å². The van der Waals surface area contributed by atoms with Gasteiger partial charge in [0.15, 0.2) is 0 Å². The van der Waals surface area contributed by atoms with Crippen molar-refractivity contribution in [1.82, 2.24) is 0 Å². The highest BCUT2D eigenvalue weighted by atomic mass is 16.3. The Morgan fingerprint density at radius 1 is 1.00 bits per heavy atom. The van der Waals surface area contributed by atoms with Crippen LogP contribution in [0, 0.1) is 0 Å². The molecule has 2 rings (SSSR count). The molecular formula is C16H20N2O. The molecule has 19 heavy (non-hydrogen) atoms. The van der Waals surface area contributed by atoms with Crippen LogP contribution in [0.2, 0.25) is 0 Å². The first-order valence-corrected chi connectivity index (χ1v) is 6.39. The molecule has 0 bridgehead atoms. The quantitative estimate of drug-likeness (QED) is 0.863. The van der Waals surface area contributed by atoms with Crippen LogP contribution in [-0.4, -0.2) is 19.2 Å². The fourth-order valence-electron chi connectivity index (χ4n) is 1.86. The highest BCUT2D eigenvalue weighted by Gasteiger charge is 1.98. The van der Waals surface area contributed by atoms with Crippen molar-refractivity contribution in [2.45, 2.75) is 13.2 Å². The van der Waals surface area contributed by atoms with E-state index in [1.807, 2.05) is 44.4 Å². The summed E-state index contributed by atoms with van der Waals surface area (Å²) in [6.07, 6.45) is 0. The summed E-state index contributed by atoms with van der Waals surface area (Å²) in [6, 6.07) is 16.3. The molecule has 0 fully saturated rings. The minimum atomic E-state index is 0.0958. The molecule has 0 heterocycles. The van der Waals surface area contributed by atoms with E-state index in [9.17, 15) is 0 Å². The standard InChI is InChI=1S/C16H20N2O/c1-18(2)16-5-3-4-15(10-16)17-11-13-6-8-14(12-19)9-7-13/h3-10,17,19H,11-12H2,1-2H3. The molecule has 0 amide bonds. The minimum absolute atomic E-state index is 0.0958. The van der Waals surface area contributed by atoms with Crippen LogP contribution in [0.25, 0.3) is 0 Å². The van der Waals surface area contributed by atoms with Crippen LogP contribution in [-0.2, 0) is 13.2 Å². The highest BCUT2D eigenvalue weighted by Crippen LogP contribution is 2.18. The number of aliphatic hydroxyl groups is 1. The summed E-state index contributed by atoms with van der Waals surface area (Å²) in [5.74, 6) is 0. The predicted octanol–water partition coefficient (Wildman–Crippen LogP) is 2.86. The Bertz CT molecular complexity index is 521. The molecule has 2 N–H and O–H groups in total. The van der Waals surface area contributed by atoms with Crippen LogP contribution in [0.15, 0.2) is 48.5 Å². The first-order chi connectivity index (χ1) is 9.19. The van der Waals surface area contributed by atoms with Crippen LogP contribution in [0.4, 0.5) is 11.4 Å². The molecule has 100 valence electrons. The lowest BCUT2D eigenvalue weighted by Crippen LogP contribution is -2.09. The topological polar surface area (TPSA) is 35.5 Å². The third-order valence-corrected chi connectivity index (χ3v) is 3.06. The first kappa shape index (κ1) is 13.4. The minimum Gasteiger partial charge on any atom is -0.392 e. The number of aliphatic hydroxyl groups excluding tert-OH is 1. The zero-order valence-corrected chi connectivity index (χ0v) is 11.4. The second-order valence-corrected chi connectivity index (χ2v) is 4.77. The largest absolute Gasteiger partial charge is 0.392 e. The zero-order chi connectivity index (χ0) is 13.7. The van der Waals surface area contributed by atoms with Crippen LogP contribution >= 0.6 is 0 Å². The molecule has 0 atom stereocenters. The molecule has 2 aromatic carbocycles. The first-order valence-electron chi connectivity index (χ1n) is 6.39. The van der Waals surface area contributed by atoms with E-state index in [0.717, 1.165) is 17.8 Å². The Kier molecular flexibility index (Phi) is 4.42. The maximum atomic E-state index is 9.00. The third-order valence-electron chi connectivity index (χ3n) is 3.06. The van der Waals surface area contributed by atoms with Gasteiger partial charge < -0.3 is 15.3 Å². The molecule has 0 aliphatic carbocycles. The van der Waals surface area contributed by atoms with E-state index >= 15 is 0 Å². The Morgan fingerprint density at radius 3 is 2.32 bits per heavy atom. The zero-order valence-electron chi connectivity index (χ0n) is 11.4. The maximum Gasteiger partial charge on any atom is 0.0681 e. The van der Waals surface area contributed by atoms with Gasteiger partial charge in [0.2, 0.25) is 0 Å². The van der Waals surface area contributed by atoms with Crippen molar-refractivity contribution < 1.29 is 5.11 Å². The van der Waals surface area contributed by atoms with Gasteiger partial charge in [-0.15, -0.1) is 0 Å². The van der Waals surface area contributed by atoms with E-state index in [1.165, 1.54) is 11.3 Å². The normalized spacial score (nSPS) is 10.3. The average molecular weight is 256 g/mol. The number of hydrogen-bond acceptors (Lipinski definition) is 3. The maximum absolute atomic E-state index is 9.00. The molecule has 0 unspecified atom stereocenters. The average Bonchev–Trinajstić information content (AvgIpc) is 2.46. The van der Waals surface area contributed by atoms with Crippen LogP contribution in [0.5, 0.6) is 0 Å². The van der Waals surface area contributed by atoms with Crippen molar-refractivity contribution in [2.24, 2.45) is 0 Å². The lowest BCUT2D eigenvalue weighted by Gasteiger charge is -2.14. The number of anilines is 2. The Labute approximate surface area is 114 Å². The molecule has 0 saturated heterocycles. The molecular weight excluding hydrogens is 236 g/mol. The molecule has 2 aromatic rings. The van der Waals surface area contributed by atoms with Gasteiger partial charge in [-0.1, -0.05) is 30.3 Å². The van der Waals surface area contributed by atoms with Crippen molar-refractivity contribution >= 4 is 11.4 Å². The molecule has 3 nitrogen and oxygen atoms in total. The molecule has 0 aromatic heterocycles. The number of benzene rings is 2. The van der Waals surface area contributed by atoms with E-state index in [4.69, 9.17) is 5.11 Å². The molecule has 3 heteroatoms. The monoisotopic (exact) mass is 256 g/mol. The second kappa shape index (κ2) is 6.25. The fourth-order valence-corrected chi connectivity index (χ4v) is 1.86. The fraction of sp³-hybridized carbons (Fsp3) is 0.250. The second-order valence-electron chi connectivity index (χ2n) is 4.77. The van der Waals surface area contributed by atoms with E-state index in [0.29, 0.717) is 0 Å². The van der Waals surface area contributed by atoms with Crippen molar-refractivity contribution in [3.8, 4) is 0 Å². The summed E-state index contributed by atoms with van der Waals surface area (Å²) in [6.45, 7) is 0.876. The molecule has 0 aliphatic rings. The summed E-state index contributed by atoms with van der Waals surface area (Å²) < 4.78 is 0. The molecule has 0 spiro atoms. The van der Waals surface area contributed by atoms with E-state index < -0.39 is 0 Å². The summed E-state index contributed by atoms with van der Waals surface area (Å²) in [7, 11) is 4.07. The lowest BCUT2D eigenvalue weighted by atomic mass is 10.1. The number of nitrogens with zero attached hydrogens (tertiary/aromatic N) is 1. The molecule has 0 aliphatic heterocycles. The number of rotatable bonds is 5. The molecule has 0 saturated carbocycles. The highest BCUT2D eigenvalue weighted by molar-refractivity contribution is 5.57. The van der Waals surface area contributed by atoms with Crippen LogP contribution in [0.1, 0.15) is 11.1 Å². The van der Waals surface area contributed by atoms with Crippen molar-refractivity contribution in [3.05, 3.63) is 59.7 Å². The SMILES string of the molecule is CN(C)c1cccc(NCc2ccc(CO)cc2)c1. The Morgan fingerprint density at radius 2 is 1.68 bits per heavy atom. The molecule has 0 radical (unpaired) electrons. The van der Waals surface area contributed by atoms with Crippen molar-refractivity contribution in [2.75, 3.05) is 24.3 Å². The number of nitrogens with one attached hydrogen (secondary N) is 1. The Balaban J connectivity index is 1.99. The predicted molar refractivity (Wildman–Crippen MR) is 80.5 cm³/mol. The smallest absolute Gasteiger partial charge is 0.0681 e. The van der Waals surface area contributed by atoms with Crippen LogP contribution < -0.4 is 10.2 Å². The van der Waals surface area contributed by atoms with Crippen LogP contribution in [0.3, 0.4) is 0 Å². The van der Waals surface area contributed by atoms with Gasteiger partial charge in [-0.25, -0.2) is 0 Å². The van der Waals surface area contributed by atoms with Gasteiger partial charge in [0.05, 0.1) is 6.61 Å². The van der Waals surface area contributed by atoms with Gasteiger partial charge in [0.25, 0.3) is 0 Å². The summed E-state index contributed by atoms with van der Waals surface area (Å²) in [4.78, 5) is 2.08. The van der Waals surface area contributed by atoms with Gasteiger partial charge in [-0.05, 0) is 29.3 Å². The van der Waals surface area contributed by atoms with Gasteiger partial charge in [-0.2, -0.15) is 0 Å².